The molecule has 2 atom stereocenters. The van der Waals surface area contributed by atoms with E-state index in [1.165, 1.54) is 25.7 Å². The lowest BCUT2D eigenvalue weighted by atomic mass is 9.91. The Labute approximate surface area is 118 Å². The van der Waals surface area contributed by atoms with Crippen LogP contribution in [-0.4, -0.2) is 12.6 Å². The van der Waals surface area contributed by atoms with Crippen molar-refractivity contribution in [1.29, 1.82) is 0 Å². The van der Waals surface area contributed by atoms with Crippen LogP contribution in [0.4, 0.5) is 0 Å². The molecule has 0 aliphatic heterocycles. The number of hydrogen-bond acceptors (Lipinski definition) is 2. The standard InChI is InChI=1S/C17H29NO/c1-3-5-9-15(4-2)14-16(18)12-13-19-17-10-7-6-8-11-17/h6-8,10-11,15-16H,3-5,9,12-14,18H2,1-2H3. The van der Waals surface area contributed by atoms with E-state index in [2.05, 4.69) is 13.8 Å². The van der Waals surface area contributed by atoms with Crippen LogP contribution in [0.1, 0.15) is 52.4 Å². The van der Waals surface area contributed by atoms with Crippen molar-refractivity contribution < 1.29 is 4.74 Å². The third-order valence-electron chi connectivity index (χ3n) is 3.68. The van der Waals surface area contributed by atoms with Crippen molar-refractivity contribution >= 4 is 0 Å². The third-order valence-corrected chi connectivity index (χ3v) is 3.68. The van der Waals surface area contributed by atoms with Gasteiger partial charge in [-0.15, -0.1) is 0 Å². The van der Waals surface area contributed by atoms with Gasteiger partial charge in [0.1, 0.15) is 5.75 Å². The van der Waals surface area contributed by atoms with Gasteiger partial charge in [-0.2, -0.15) is 0 Å². The molecule has 1 aromatic carbocycles. The quantitative estimate of drug-likeness (QED) is 0.679. The topological polar surface area (TPSA) is 35.2 Å². The summed E-state index contributed by atoms with van der Waals surface area (Å²) in [5.74, 6) is 1.72. The van der Waals surface area contributed by atoms with Crippen LogP contribution in [0.3, 0.4) is 0 Å². The molecule has 0 amide bonds. The molecule has 2 unspecified atom stereocenters. The first kappa shape index (κ1) is 16.0. The molecule has 1 rings (SSSR count). The molecule has 0 aliphatic rings. The van der Waals surface area contributed by atoms with Gasteiger partial charge in [0, 0.05) is 6.04 Å². The van der Waals surface area contributed by atoms with Gasteiger partial charge < -0.3 is 10.5 Å². The Bertz CT molecular complexity index is 312. The van der Waals surface area contributed by atoms with Crippen molar-refractivity contribution in [1.82, 2.24) is 0 Å². The molecule has 0 aliphatic carbocycles. The number of para-hydroxylation sites is 1. The molecule has 2 heteroatoms. The van der Waals surface area contributed by atoms with Crippen molar-refractivity contribution in [2.75, 3.05) is 6.61 Å². The zero-order chi connectivity index (χ0) is 13.9. The highest BCUT2D eigenvalue weighted by Gasteiger charge is 2.11. The molecule has 0 spiro atoms. The Morgan fingerprint density at radius 3 is 2.47 bits per heavy atom. The van der Waals surface area contributed by atoms with Crippen molar-refractivity contribution in [2.24, 2.45) is 11.7 Å². The van der Waals surface area contributed by atoms with Crippen LogP contribution < -0.4 is 10.5 Å². The zero-order valence-corrected chi connectivity index (χ0v) is 12.5. The summed E-state index contributed by atoms with van der Waals surface area (Å²) in [6, 6.07) is 10.2. The maximum absolute atomic E-state index is 6.21. The average molecular weight is 263 g/mol. The first-order chi connectivity index (χ1) is 9.26. The molecule has 2 N–H and O–H groups in total. The van der Waals surface area contributed by atoms with Crippen molar-refractivity contribution in [2.45, 2.75) is 58.4 Å². The van der Waals surface area contributed by atoms with Crippen LogP contribution in [0.2, 0.25) is 0 Å². The zero-order valence-electron chi connectivity index (χ0n) is 12.5. The number of hydrogen-bond donors (Lipinski definition) is 1. The van der Waals surface area contributed by atoms with Gasteiger partial charge in [-0.05, 0) is 30.9 Å². The molecule has 2 nitrogen and oxygen atoms in total. The predicted molar refractivity (Wildman–Crippen MR) is 82.5 cm³/mol. The van der Waals surface area contributed by atoms with E-state index in [0.29, 0.717) is 0 Å². The normalized spacial score (nSPS) is 14.1. The minimum absolute atomic E-state index is 0.269. The number of ether oxygens (including phenoxy) is 1. The summed E-state index contributed by atoms with van der Waals surface area (Å²) in [7, 11) is 0. The molecular weight excluding hydrogens is 234 g/mol. The third kappa shape index (κ3) is 7.22. The smallest absolute Gasteiger partial charge is 0.119 e. The maximum Gasteiger partial charge on any atom is 0.119 e. The molecular formula is C17H29NO. The Kier molecular flexibility index (Phi) is 8.31. The lowest BCUT2D eigenvalue weighted by Crippen LogP contribution is -2.25. The van der Waals surface area contributed by atoms with Gasteiger partial charge >= 0.3 is 0 Å². The second kappa shape index (κ2) is 9.85. The lowest BCUT2D eigenvalue weighted by Gasteiger charge is -2.19. The van der Waals surface area contributed by atoms with Gasteiger partial charge in [0.25, 0.3) is 0 Å². The monoisotopic (exact) mass is 263 g/mol. The Balaban J connectivity index is 2.17. The molecule has 0 fully saturated rings. The summed E-state index contributed by atoms with van der Waals surface area (Å²) in [5.41, 5.74) is 6.21. The fraction of sp³-hybridized carbons (Fsp3) is 0.647. The molecule has 0 saturated carbocycles. The SMILES string of the molecule is CCCCC(CC)CC(N)CCOc1ccccc1. The Morgan fingerprint density at radius 2 is 1.84 bits per heavy atom. The van der Waals surface area contributed by atoms with E-state index in [0.717, 1.165) is 31.1 Å². The van der Waals surface area contributed by atoms with E-state index in [9.17, 15) is 0 Å². The van der Waals surface area contributed by atoms with Gasteiger partial charge in [0.2, 0.25) is 0 Å². The van der Waals surface area contributed by atoms with Crippen LogP contribution in [0.15, 0.2) is 30.3 Å². The number of benzene rings is 1. The van der Waals surface area contributed by atoms with Crippen LogP contribution in [0.5, 0.6) is 5.75 Å². The molecule has 19 heavy (non-hydrogen) atoms. The van der Waals surface area contributed by atoms with E-state index in [-0.39, 0.29) is 6.04 Å². The highest BCUT2D eigenvalue weighted by molar-refractivity contribution is 5.20. The first-order valence-corrected chi connectivity index (χ1v) is 7.69. The fourth-order valence-electron chi connectivity index (χ4n) is 2.37. The Hall–Kier alpha value is -1.02. The average Bonchev–Trinajstić information content (AvgIpc) is 2.44. The summed E-state index contributed by atoms with van der Waals surface area (Å²) < 4.78 is 5.69. The van der Waals surface area contributed by atoms with E-state index in [1.54, 1.807) is 0 Å². The predicted octanol–water partition coefficient (Wildman–Crippen LogP) is 4.39. The summed E-state index contributed by atoms with van der Waals surface area (Å²) in [6.45, 7) is 5.24. The van der Waals surface area contributed by atoms with Crippen LogP contribution in [0, 0.1) is 5.92 Å². The highest BCUT2D eigenvalue weighted by atomic mass is 16.5. The van der Waals surface area contributed by atoms with Crippen LogP contribution in [0.25, 0.3) is 0 Å². The Morgan fingerprint density at radius 1 is 1.11 bits per heavy atom. The summed E-state index contributed by atoms with van der Waals surface area (Å²) in [5, 5.41) is 0. The van der Waals surface area contributed by atoms with Crippen molar-refractivity contribution in [3.63, 3.8) is 0 Å². The van der Waals surface area contributed by atoms with Gasteiger partial charge in [-0.1, -0.05) is 57.7 Å². The van der Waals surface area contributed by atoms with Gasteiger partial charge in [0.15, 0.2) is 0 Å². The minimum atomic E-state index is 0.269. The molecule has 0 bridgehead atoms. The van der Waals surface area contributed by atoms with E-state index in [4.69, 9.17) is 10.5 Å². The summed E-state index contributed by atoms with van der Waals surface area (Å²) >= 11 is 0. The fourth-order valence-corrected chi connectivity index (χ4v) is 2.37. The van der Waals surface area contributed by atoms with E-state index < -0.39 is 0 Å². The van der Waals surface area contributed by atoms with Gasteiger partial charge in [0.05, 0.1) is 6.61 Å². The molecule has 1 aromatic rings. The van der Waals surface area contributed by atoms with Crippen molar-refractivity contribution in [3.8, 4) is 5.75 Å². The molecule has 0 radical (unpaired) electrons. The summed E-state index contributed by atoms with van der Waals surface area (Å²) in [6.07, 6.45) is 7.24. The van der Waals surface area contributed by atoms with Crippen molar-refractivity contribution in [3.05, 3.63) is 30.3 Å². The van der Waals surface area contributed by atoms with Crippen LogP contribution in [-0.2, 0) is 0 Å². The number of nitrogens with two attached hydrogens (primary N) is 1. The number of unbranched alkanes of at least 4 members (excludes halogenated alkanes) is 1. The van der Waals surface area contributed by atoms with Gasteiger partial charge in [-0.3, -0.25) is 0 Å². The first-order valence-electron chi connectivity index (χ1n) is 7.69. The maximum atomic E-state index is 6.21. The summed E-state index contributed by atoms with van der Waals surface area (Å²) in [4.78, 5) is 0. The lowest BCUT2D eigenvalue weighted by molar-refractivity contribution is 0.279. The highest BCUT2D eigenvalue weighted by Crippen LogP contribution is 2.19. The molecule has 108 valence electrons. The van der Waals surface area contributed by atoms with Gasteiger partial charge in [-0.25, -0.2) is 0 Å². The largest absolute Gasteiger partial charge is 0.494 e. The molecule has 0 saturated heterocycles. The minimum Gasteiger partial charge on any atom is -0.494 e. The second-order valence-corrected chi connectivity index (χ2v) is 5.36. The molecule has 0 aromatic heterocycles. The molecule has 0 heterocycles. The second-order valence-electron chi connectivity index (χ2n) is 5.36. The van der Waals surface area contributed by atoms with E-state index in [1.807, 2.05) is 30.3 Å². The van der Waals surface area contributed by atoms with Crippen LogP contribution >= 0.6 is 0 Å². The van der Waals surface area contributed by atoms with E-state index >= 15 is 0 Å². The number of rotatable bonds is 10.